The van der Waals surface area contributed by atoms with Crippen molar-refractivity contribution in [3.05, 3.63) is 39.1 Å². The standard InChI is InChI=1S/C14H16BrF2N/c1-10-12(3-4-13(15)14(10)17)7-11-8-18(9-11)6-2-5-16/h3-4,7H,2,5-6,8-9H2,1H3. The third kappa shape index (κ3) is 2.98. The van der Waals surface area contributed by atoms with Gasteiger partial charge in [-0.05, 0) is 52.0 Å². The van der Waals surface area contributed by atoms with Crippen LogP contribution in [0.1, 0.15) is 17.5 Å². The largest absolute Gasteiger partial charge is 0.295 e. The summed E-state index contributed by atoms with van der Waals surface area (Å²) in [5.41, 5.74) is 2.87. The summed E-state index contributed by atoms with van der Waals surface area (Å²) in [7, 11) is 0. The van der Waals surface area contributed by atoms with Crippen molar-refractivity contribution in [2.24, 2.45) is 0 Å². The van der Waals surface area contributed by atoms with Crippen LogP contribution in [0, 0.1) is 12.7 Å². The first-order valence-electron chi connectivity index (χ1n) is 6.04. The molecule has 1 aromatic carbocycles. The first kappa shape index (κ1) is 13.7. The van der Waals surface area contributed by atoms with E-state index in [0.29, 0.717) is 16.5 Å². The van der Waals surface area contributed by atoms with Gasteiger partial charge in [-0.15, -0.1) is 0 Å². The molecule has 0 atom stereocenters. The van der Waals surface area contributed by atoms with Crippen molar-refractivity contribution in [1.29, 1.82) is 0 Å². The van der Waals surface area contributed by atoms with Crippen LogP contribution < -0.4 is 0 Å². The van der Waals surface area contributed by atoms with E-state index in [1.165, 1.54) is 5.57 Å². The molecule has 0 spiro atoms. The molecule has 1 aromatic rings. The molecule has 1 nitrogen and oxygen atoms in total. The number of hydrogen-bond acceptors (Lipinski definition) is 1. The Balaban J connectivity index is 2.01. The van der Waals surface area contributed by atoms with Crippen LogP contribution in [0.3, 0.4) is 0 Å². The molecule has 0 aromatic heterocycles. The van der Waals surface area contributed by atoms with Gasteiger partial charge < -0.3 is 0 Å². The van der Waals surface area contributed by atoms with Crippen LogP contribution in [0.2, 0.25) is 0 Å². The molecule has 0 N–H and O–H groups in total. The molecule has 4 heteroatoms. The van der Waals surface area contributed by atoms with Gasteiger partial charge in [0.15, 0.2) is 0 Å². The van der Waals surface area contributed by atoms with E-state index >= 15 is 0 Å². The molecule has 0 amide bonds. The molecule has 0 radical (unpaired) electrons. The zero-order valence-electron chi connectivity index (χ0n) is 10.3. The minimum Gasteiger partial charge on any atom is -0.295 e. The SMILES string of the molecule is Cc1c(C=C2CN(CCCF)C2)ccc(Br)c1F. The van der Waals surface area contributed by atoms with Crippen LogP contribution in [0.25, 0.3) is 6.08 Å². The lowest BCUT2D eigenvalue weighted by Crippen LogP contribution is -2.40. The Morgan fingerprint density at radius 1 is 1.39 bits per heavy atom. The van der Waals surface area contributed by atoms with E-state index in [2.05, 4.69) is 20.8 Å². The van der Waals surface area contributed by atoms with Crippen molar-refractivity contribution in [3.8, 4) is 0 Å². The van der Waals surface area contributed by atoms with E-state index in [4.69, 9.17) is 0 Å². The zero-order valence-corrected chi connectivity index (χ0v) is 11.9. The lowest BCUT2D eigenvalue weighted by atomic mass is 10.0. The van der Waals surface area contributed by atoms with Gasteiger partial charge in [0.1, 0.15) is 5.82 Å². The number of nitrogens with zero attached hydrogens (tertiary/aromatic N) is 1. The minimum atomic E-state index is -0.257. The summed E-state index contributed by atoms with van der Waals surface area (Å²) in [5, 5.41) is 0. The average Bonchev–Trinajstić information content (AvgIpc) is 2.31. The maximum atomic E-state index is 13.7. The van der Waals surface area contributed by atoms with Gasteiger partial charge >= 0.3 is 0 Å². The molecular formula is C14H16BrF2N. The molecule has 0 aliphatic carbocycles. The summed E-state index contributed by atoms with van der Waals surface area (Å²) < 4.78 is 26.2. The summed E-state index contributed by atoms with van der Waals surface area (Å²) in [6.45, 7) is 4.08. The quantitative estimate of drug-likeness (QED) is 0.813. The number of hydrogen-bond donors (Lipinski definition) is 0. The summed E-state index contributed by atoms with van der Waals surface area (Å²) >= 11 is 3.18. The molecule has 98 valence electrons. The van der Waals surface area contributed by atoms with E-state index in [9.17, 15) is 8.78 Å². The second-order valence-electron chi connectivity index (χ2n) is 4.63. The molecule has 1 saturated heterocycles. The Morgan fingerprint density at radius 3 is 2.78 bits per heavy atom. The Hall–Kier alpha value is -0.740. The highest BCUT2D eigenvalue weighted by molar-refractivity contribution is 9.10. The third-order valence-corrected chi connectivity index (χ3v) is 3.81. The topological polar surface area (TPSA) is 3.24 Å². The van der Waals surface area contributed by atoms with Crippen LogP contribution in [-0.4, -0.2) is 31.2 Å². The highest BCUT2D eigenvalue weighted by Gasteiger charge is 2.19. The van der Waals surface area contributed by atoms with Gasteiger partial charge in [0.05, 0.1) is 11.1 Å². The number of rotatable bonds is 4. The van der Waals surface area contributed by atoms with Gasteiger partial charge in [-0.25, -0.2) is 4.39 Å². The molecule has 2 rings (SSSR count). The van der Waals surface area contributed by atoms with Crippen LogP contribution >= 0.6 is 15.9 Å². The van der Waals surface area contributed by atoms with Crippen molar-refractivity contribution in [2.75, 3.05) is 26.3 Å². The average molecular weight is 316 g/mol. The van der Waals surface area contributed by atoms with E-state index in [1.807, 2.05) is 12.1 Å². The van der Waals surface area contributed by atoms with Crippen LogP contribution in [0.4, 0.5) is 8.78 Å². The second kappa shape index (κ2) is 5.93. The Labute approximate surface area is 115 Å². The van der Waals surface area contributed by atoms with E-state index in [0.717, 1.165) is 25.2 Å². The van der Waals surface area contributed by atoms with Crippen LogP contribution in [0.5, 0.6) is 0 Å². The van der Waals surface area contributed by atoms with Gasteiger partial charge in [0, 0.05) is 19.6 Å². The monoisotopic (exact) mass is 315 g/mol. The maximum absolute atomic E-state index is 13.7. The normalized spacial score (nSPS) is 15.7. The van der Waals surface area contributed by atoms with Crippen molar-refractivity contribution < 1.29 is 8.78 Å². The fourth-order valence-electron chi connectivity index (χ4n) is 2.10. The summed E-state index contributed by atoms with van der Waals surface area (Å²) in [5.74, 6) is -0.196. The first-order valence-corrected chi connectivity index (χ1v) is 6.83. The molecule has 1 heterocycles. The molecule has 18 heavy (non-hydrogen) atoms. The van der Waals surface area contributed by atoms with Crippen LogP contribution in [0.15, 0.2) is 22.2 Å². The molecule has 0 saturated carbocycles. The highest BCUT2D eigenvalue weighted by Crippen LogP contribution is 2.25. The van der Waals surface area contributed by atoms with Gasteiger partial charge in [-0.2, -0.15) is 0 Å². The van der Waals surface area contributed by atoms with Gasteiger partial charge in [-0.3, -0.25) is 9.29 Å². The fourth-order valence-corrected chi connectivity index (χ4v) is 2.53. The van der Waals surface area contributed by atoms with Crippen LogP contribution in [-0.2, 0) is 0 Å². The maximum Gasteiger partial charge on any atom is 0.140 e. The van der Waals surface area contributed by atoms with Crippen molar-refractivity contribution in [2.45, 2.75) is 13.3 Å². The Bertz CT molecular complexity index is 463. The van der Waals surface area contributed by atoms with Gasteiger partial charge in [-0.1, -0.05) is 12.1 Å². The predicted molar refractivity (Wildman–Crippen MR) is 73.8 cm³/mol. The molecule has 1 aliphatic heterocycles. The van der Waals surface area contributed by atoms with E-state index in [1.54, 1.807) is 13.0 Å². The first-order chi connectivity index (χ1) is 8.61. The summed E-state index contributed by atoms with van der Waals surface area (Å²) in [6, 6.07) is 3.65. The Kier molecular flexibility index (Phi) is 4.51. The Morgan fingerprint density at radius 2 is 2.11 bits per heavy atom. The predicted octanol–water partition coefficient (Wildman–Crippen LogP) is 3.96. The number of halogens is 3. The highest BCUT2D eigenvalue weighted by atomic mass is 79.9. The van der Waals surface area contributed by atoms with Crippen molar-refractivity contribution in [1.82, 2.24) is 4.90 Å². The second-order valence-corrected chi connectivity index (χ2v) is 5.49. The van der Waals surface area contributed by atoms with Crippen molar-refractivity contribution >= 4 is 22.0 Å². The van der Waals surface area contributed by atoms with Crippen molar-refractivity contribution in [3.63, 3.8) is 0 Å². The minimum absolute atomic E-state index is 0.196. The molecule has 0 unspecified atom stereocenters. The molecule has 1 aliphatic rings. The van der Waals surface area contributed by atoms with E-state index < -0.39 is 0 Å². The summed E-state index contributed by atoms with van der Waals surface area (Å²) in [4.78, 5) is 2.19. The molecule has 0 bridgehead atoms. The zero-order chi connectivity index (χ0) is 13.1. The lowest BCUT2D eigenvalue weighted by Gasteiger charge is -2.34. The smallest absolute Gasteiger partial charge is 0.140 e. The third-order valence-electron chi connectivity index (χ3n) is 3.20. The van der Waals surface area contributed by atoms with E-state index in [-0.39, 0.29) is 12.5 Å². The van der Waals surface area contributed by atoms with Gasteiger partial charge in [0.2, 0.25) is 0 Å². The van der Waals surface area contributed by atoms with Gasteiger partial charge in [0.25, 0.3) is 0 Å². The number of benzene rings is 1. The molecule has 1 fully saturated rings. The summed E-state index contributed by atoms with van der Waals surface area (Å²) in [6.07, 6.45) is 2.63. The number of alkyl halides is 1. The lowest BCUT2D eigenvalue weighted by molar-refractivity contribution is 0.239. The molecular weight excluding hydrogens is 300 g/mol. The number of likely N-dealkylation sites (tertiary alicyclic amines) is 1. The fraction of sp³-hybridized carbons (Fsp3) is 0.429.